The second kappa shape index (κ2) is 6.62. The second-order valence-electron chi connectivity index (χ2n) is 4.81. The fourth-order valence-electron chi connectivity index (χ4n) is 2.17. The van der Waals surface area contributed by atoms with Crippen LogP contribution in [0, 0.1) is 6.92 Å². The number of carboxylic acid groups (broad SMARTS) is 2. The van der Waals surface area contributed by atoms with Crippen molar-refractivity contribution in [1.82, 2.24) is 4.98 Å². The van der Waals surface area contributed by atoms with E-state index in [0.717, 1.165) is 5.56 Å². The number of nitrogens with zero attached hydrogens (tertiary/aromatic N) is 1. The number of hydrogen-bond donors (Lipinski definition) is 1. The lowest BCUT2D eigenvalue weighted by Crippen LogP contribution is -2.25. The van der Waals surface area contributed by atoms with Gasteiger partial charge < -0.3 is 25.1 Å². The highest BCUT2D eigenvalue weighted by molar-refractivity contribution is 6.32. The Kier molecular flexibility index (Phi) is 4.82. The van der Waals surface area contributed by atoms with Crippen molar-refractivity contribution >= 4 is 40.1 Å². The lowest BCUT2D eigenvalue weighted by atomic mass is 10.1. The number of halogens is 1. The molecular formula is C15H13ClN2O4-2. The van der Waals surface area contributed by atoms with Crippen LogP contribution in [-0.2, 0) is 4.79 Å². The van der Waals surface area contributed by atoms with Crippen LogP contribution in [0.4, 0.5) is 5.69 Å². The molecule has 2 rings (SSSR count). The van der Waals surface area contributed by atoms with Gasteiger partial charge in [-0.2, -0.15) is 0 Å². The highest BCUT2D eigenvalue weighted by Crippen LogP contribution is 2.31. The summed E-state index contributed by atoms with van der Waals surface area (Å²) in [5.74, 6) is -2.51. The Morgan fingerprint density at radius 3 is 2.68 bits per heavy atom. The minimum absolute atomic E-state index is 0.0809. The van der Waals surface area contributed by atoms with E-state index in [1.807, 2.05) is 0 Å². The molecule has 0 fully saturated rings. The highest BCUT2D eigenvalue weighted by Gasteiger charge is 2.12. The summed E-state index contributed by atoms with van der Waals surface area (Å²) in [6.07, 6.45) is 1.41. The van der Waals surface area contributed by atoms with Crippen molar-refractivity contribution in [2.45, 2.75) is 19.8 Å². The predicted molar refractivity (Wildman–Crippen MR) is 78.6 cm³/mol. The maximum atomic E-state index is 11.2. The van der Waals surface area contributed by atoms with Gasteiger partial charge in [-0.1, -0.05) is 11.6 Å². The summed E-state index contributed by atoms with van der Waals surface area (Å²) >= 11 is 6.04. The summed E-state index contributed by atoms with van der Waals surface area (Å²) in [5, 5.41) is 25.7. The Balaban J connectivity index is 2.43. The molecule has 1 heterocycles. The van der Waals surface area contributed by atoms with Crippen molar-refractivity contribution in [3.05, 3.63) is 34.5 Å². The van der Waals surface area contributed by atoms with Gasteiger partial charge in [0.1, 0.15) is 0 Å². The molecule has 2 aromatic rings. The third kappa shape index (κ3) is 3.28. The summed E-state index contributed by atoms with van der Waals surface area (Å²) in [4.78, 5) is 25.8. The van der Waals surface area contributed by atoms with Crippen LogP contribution in [0.1, 0.15) is 28.8 Å². The Morgan fingerprint density at radius 1 is 1.32 bits per heavy atom. The number of anilines is 1. The number of aryl methyl sites for hydroxylation is 1. The van der Waals surface area contributed by atoms with Crippen LogP contribution in [0.2, 0.25) is 5.02 Å². The van der Waals surface area contributed by atoms with E-state index in [1.165, 1.54) is 6.20 Å². The first-order valence-corrected chi connectivity index (χ1v) is 7.02. The number of fused-ring (bicyclic) bond motifs is 1. The molecule has 116 valence electrons. The van der Waals surface area contributed by atoms with E-state index in [-0.39, 0.29) is 18.5 Å². The van der Waals surface area contributed by atoms with Gasteiger partial charge in [0.05, 0.1) is 17.2 Å². The normalized spacial score (nSPS) is 10.6. The molecule has 1 aromatic heterocycles. The average molecular weight is 321 g/mol. The lowest BCUT2D eigenvalue weighted by Gasteiger charge is -2.16. The summed E-state index contributed by atoms with van der Waals surface area (Å²) in [7, 11) is 0. The smallest absolute Gasteiger partial charge is 0.0767 e. The van der Waals surface area contributed by atoms with Crippen molar-refractivity contribution in [3.8, 4) is 0 Å². The van der Waals surface area contributed by atoms with Crippen molar-refractivity contribution in [2.75, 3.05) is 11.9 Å². The van der Waals surface area contributed by atoms with Gasteiger partial charge in [-0.15, -0.1) is 0 Å². The van der Waals surface area contributed by atoms with Crippen LogP contribution in [0.5, 0.6) is 0 Å². The summed E-state index contributed by atoms with van der Waals surface area (Å²) in [6.45, 7) is 2.07. The highest BCUT2D eigenvalue weighted by atomic mass is 35.5. The van der Waals surface area contributed by atoms with Crippen LogP contribution in [0.15, 0.2) is 18.3 Å². The van der Waals surface area contributed by atoms with Gasteiger partial charge in [0.25, 0.3) is 0 Å². The number of aromatic carboxylic acids is 1. The van der Waals surface area contributed by atoms with Crippen LogP contribution < -0.4 is 15.5 Å². The molecule has 22 heavy (non-hydrogen) atoms. The number of carboxylic acids is 2. The SMILES string of the molecule is Cc1c(Cl)ccc2c(NCCCC(=O)[O-])c(C(=O)[O-])cnc12. The molecule has 7 heteroatoms. The number of carbonyl (C=O) groups excluding carboxylic acids is 2. The van der Waals surface area contributed by atoms with Crippen LogP contribution in [-0.4, -0.2) is 23.5 Å². The zero-order chi connectivity index (χ0) is 16.3. The number of hydrogen-bond acceptors (Lipinski definition) is 6. The van der Waals surface area contributed by atoms with E-state index in [0.29, 0.717) is 28.0 Å². The molecule has 0 saturated heterocycles. The number of aromatic nitrogens is 1. The van der Waals surface area contributed by atoms with Gasteiger partial charge in [-0.3, -0.25) is 4.98 Å². The molecule has 0 unspecified atom stereocenters. The third-order valence-electron chi connectivity index (χ3n) is 3.31. The van der Waals surface area contributed by atoms with Crippen molar-refractivity contribution in [1.29, 1.82) is 0 Å². The molecule has 0 atom stereocenters. The van der Waals surface area contributed by atoms with Gasteiger partial charge in [-0.25, -0.2) is 0 Å². The number of aliphatic carboxylic acids is 1. The fourth-order valence-corrected chi connectivity index (χ4v) is 2.33. The van der Waals surface area contributed by atoms with Gasteiger partial charge in [0.2, 0.25) is 0 Å². The Morgan fingerprint density at radius 2 is 2.05 bits per heavy atom. The molecule has 0 bridgehead atoms. The summed E-state index contributed by atoms with van der Waals surface area (Å²) in [5.41, 5.74) is 1.59. The minimum Gasteiger partial charge on any atom is -0.550 e. The van der Waals surface area contributed by atoms with Crippen LogP contribution in [0.3, 0.4) is 0 Å². The third-order valence-corrected chi connectivity index (χ3v) is 3.72. The predicted octanol–water partition coefficient (Wildman–Crippen LogP) is 0.502. The van der Waals surface area contributed by atoms with Gasteiger partial charge in [0, 0.05) is 34.7 Å². The van der Waals surface area contributed by atoms with Crippen LogP contribution >= 0.6 is 11.6 Å². The van der Waals surface area contributed by atoms with Crippen molar-refractivity contribution < 1.29 is 19.8 Å². The van der Waals surface area contributed by atoms with Crippen molar-refractivity contribution in [3.63, 3.8) is 0 Å². The number of benzene rings is 1. The van der Waals surface area contributed by atoms with E-state index in [9.17, 15) is 19.8 Å². The zero-order valence-corrected chi connectivity index (χ0v) is 12.6. The molecule has 0 amide bonds. The summed E-state index contributed by atoms with van der Waals surface area (Å²) in [6, 6.07) is 3.33. The maximum Gasteiger partial charge on any atom is 0.0767 e. The molecule has 6 nitrogen and oxygen atoms in total. The second-order valence-corrected chi connectivity index (χ2v) is 5.21. The molecular weight excluding hydrogens is 308 g/mol. The molecule has 0 radical (unpaired) electrons. The van der Waals surface area contributed by atoms with E-state index >= 15 is 0 Å². The molecule has 0 aliphatic rings. The minimum atomic E-state index is -1.36. The molecule has 0 saturated carbocycles. The van der Waals surface area contributed by atoms with E-state index in [4.69, 9.17) is 11.6 Å². The number of rotatable bonds is 6. The van der Waals surface area contributed by atoms with Crippen LogP contribution in [0.25, 0.3) is 10.9 Å². The van der Waals surface area contributed by atoms with E-state index in [1.54, 1.807) is 19.1 Å². The number of carbonyl (C=O) groups is 2. The molecule has 0 aliphatic carbocycles. The fraction of sp³-hybridized carbons (Fsp3) is 0.267. The Bertz CT molecular complexity index is 746. The first-order chi connectivity index (χ1) is 10.4. The van der Waals surface area contributed by atoms with Gasteiger partial charge in [0.15, 0.2) is 0 Å². The first-order valence-electron chi connectivity index (χ1n) is 6.64. The standard InChI is InChI=1S/C15H15ClN2O4/c1-8-11(16)5-4-9-13(8)18-7-10(15(21)22)14(9)17-6-2-3-12(19)20/h4-5,7H,2-3,6H2,1H3,(H,17,18)(H,19,20)(H,21,22)/p-2. The first kappa shape index (κ1) is 16.0. The molecule has 1 aromatic carbocycles. The number of nitrogens with one attached hydrogen (secondary N) is 1. The largest absolute Gasteiger partial charge is 0.550 e. The Labute approximate surface area is 131 Å². The van der Waals surface area contributed by atoms with Crippen molar-refractivity contribution in [2.24, 2.45) is 0 Å². The summed E-state index contributed by atoms with van der Waals surface area (Å²) < 4.78 is 0. The number of pyridine rings is 1. The van der Waals surface area contributed by atoms with Gasteiger partial charge in [-0.05, 0) is 37.5 Å². The topological polar surface area (TPSA) is 105 Å². The lowest BCUT2D eigenvalue weighted by molar-refractivity contribution is -0.305. The Hall–Kier alpha value is -2.34. The average Bonchev–Trinajstić information content (AvgIpc) is 2.46. The zero-order valence-electron chi connectivity index (χ0n) is 11.8. The van der Waals surface area contributed by atoms with E-state index < -0.39 is 11.9 Å². The maximum absolute atomic E-state index is 11.2. The quantitative estimate of drug-likeness (QED) is 0.777. The van der Waals surface area contributed by atoms with Gasteiger partial charge >= 0.3 is 0 Å². The molecule has 0 aliphatic heterocycles. The monoisotopic (exact) mass is 320 g/mol. The van der Waals surface area contributed by atoms with E-state index in [2.05, 4.69) is 10.3 Å². The molecule has 0 spiro atoms. The molecule has 1 N–H and O–H groups in total.